The zero-order chi connectivity index (χ0) is 17.5. The Bertz CT molecular complexity index is 417. The van der Waals surface area contributed by atoms with Gasteiger partial charge >= 0.3 is 5.97 Å². The third kappa shape index (κ3) is 3.47. The van der Waals surface area contributed by atoms with Crippen molar-refractivity contribution in [1.29, 1.82) is 0 Å². The number of ether oxygens (including phenoxy) is 3. The molecule has 0 radical (unpaired) electrons. The van der Waals surface area contributed by atoms with Crippen LogP contribution in [0, 0.1) is 0 Å². The Morgan fingerprint density at radius 3 is 2.04 bits per heavy atom. The summed E-state index contributed by atoms with van der Waals surface area (Å²) >= 11 is 0. The van der Waals surface area contributed by atoms with E-state index in [0.717, 1.165) is 0 Å². The standard InChI is InChI=1S/C12H20O11/c1-2-3(13)8(7(17)11(20)21-2)22-12-6(16)4(14)5(15)9(23-12)10(18)19/h2-9,11-17,20H,1H3,(H,18,19)/t2-,3+,4-,5-,6+,7-,8+,9-,11?,12-/m0/s1. The summed E-state index contributed by atoms with van der Waals surface area (Å²) in [6, 6.07) is 0. The average Bonchev–Trinajstić information content (AvgIpc) is 2.49. The summed E-state index contributed by atoms with van der Waals surface area (Å²) in [5.74, 6) is -1.60. The molecule has 0 aromatic heterocycles. The Hall–Kier alpha value is -0.890. The molecule has 0 bridgehead atoms. The SMILES string of the molecule is C[C@@H]1OC(O)[C@@H](O)[C@H](O[C@H]2O[C@H](C(=O)O)[C@@H](O)[C@H](O)[C@H]2O)[C@@H]1O. The maximum atomic E-state index is 11.0. The number of aliphatic carboxylic acids is 1. The number of carboxylic acids is 1. The van der Waals surface area contributed by atoms with E-state index in [1.807, 2.05) is 0 Å². The lowest BCUT2D eigenvalue weighted by molar-refractivity contribution is -0.348. The molecule has 0 spiro atoms. The molecule has 0 aliphatic carbocycles. The summed E-state index contributed by atoms with van der Waals surface area (Å²) in [6.45, 7) is 1.40. The second-order valence-electron chi connectivity index (χ2n) is 5.55. The quantitative estimate of drug-likeness (QED) is 0.263. The molecule has 10 atom stereocenters. The Labute approximate surface area is 130 Å². The first-order valence-corrected chi connectivity index (χ1v) is 6.92. The molecule has 2 rings (SSSR count). The van der Waals surface area contributed by atoms with E-state index in [1.165, 1.54) is 6.92 Å². The molecule has 2 heterocycles. The van der Waals surface area contributed by atoms with Crippen LogP contribution < -0.4 is 0 Å². The van der Waals surface area contributed by atoms with Gasteiger partial charge in [-0.3, -0.25) is 0 Å². The monoisotopic (exact) mass is 340 g/mol. The minimum atomic E-state index is -1.89. The first-order chi connectivity index (χ1) is 10.6. The molecule has 0 amide bonds. The van der Waals surface area contributed by atoms with Gasteiger partial charge in [-0.1, -0.05) is 0 Å². The number of aliphatic hydroxyl groups excluding tert-OH is 6. The fourth-order valence-corrected chi connectivity index (χ4v) is 2.49. The van der Waals surface area contributed by atoms with Crippen LogP contribution in [0.2, 0.25) is 0 Å². The van der Waals surface area contributed by atoms with E-state index in [1.54, 1.807) is 0 Å². The highest BCUT2D eigenvalue weighted by Gasteiger charge is 2.51. The number of hydrogen-bond acceptors (Lipinski definition) is 10. The summed E-state index contributed by atoms with van der Waals surface area (Å²) in [5, 5.41) is 67.3. The Morgan fingerprint density at radius 2 is 1.48 bits per heavy atom. The van der Waals surface area contributed by atoms with Crippen LogP contribution in [-0.4, -0.2) is 103 Å². The number of hydrogen-bond donors (Lipinski definition) is 7. The van der Waals surface area contributed by atoms with Gasteiger partial charge in [0.25, 0.3) is 0 Å². The maximum Gasteiger partial charge on any atom is 0.335 e. The Kier molecular flexibility index (Phi) is 5.56. The van der Waals surface area contributed by atoms with Crippen molar-refractivity contribution in [3.63, 3.8) is 0 Å². The second-order valence-corrected chi connectivity index (χ2v) is 5.55. The highest BCUT2D eigenvalue weighted by Crippen LogP contribution is 2.28. The van der Waals surface area contributed by atoms with Crippen molar-refractivity contribution in [3.05, 3.63) is 0 Å². The van der Waals surface area contributed by atoms with Gasteiger partial charge in [0.05, 0.1) is 6.10 Å². The van der Waals surface area contributed by atoms with Gasteiger partial charge in [0.2, 0.25) is 0 Å². The first kappa shape index (κ1) is 18.4. The molecule has 0 aromatic rings. The van der Waals surface area contributed by atoms with Crippen molar-refractivity contribution >= 4 is 5.97 Å². The first-order valence-electron chi connectivity index (χ1n) is 6.92. The van der Waals surface area contributed by atoms with E-state index in [2.05, 4.69) is 0 Å². The van der Waals surface area contributed by atoms with Crippen molar-refractivity contribution in [2.75, 3.05) is 0 Å². The zero-order valence-electron chi connectivity index (χ0n) is 12.0. The van der Waals surface area contributed by atoms with E-state index < -0.39 is 67.4 Å². The van der Waals surface area contributed by atoms with Crippen LogP contribution in [0.5, 0.6) is 0 Å². The van der Waals surface area contributed by atoms with Gasteiger partial charge in [0.1, 0.15) is 36.6 Å². The maximum absolute atomic E-state index is 11.0. The molecule has 11 nitrogen and oxygen atoms in total. The van der Waals surface area contributed by atoms with Crippen LogP contribution in [0.25, 0.3) is 0 Å². The summed E-state index contributed by atoms with van der Waals surface area (Å²) < 4.78 is 14.9. The molecule has 2 aliphatic heterocycles. The third-order valence-corrected chi connectivity index (χ3v) is 3.90. The summed E-state index contributed by atoms with van der Waals surface area (Å²) in [5.41, 5.74) is 0. The van der Waals surface area contributed by atoms with Crippen LogP contribution in [-0.2, 0) is 19.0 Å². The van der Waals surface area contributed by atoms with Crippen molar-refractivity contribution in [2.45, 2.75) is 68.3 Å². The van der Waals surface area contributed by atoms with Gasteiger partial charge in [-0.2, -0.15) is 0 Å². The molecule has 11 heteroatoms. The predicted molar refractivity (Wildman–Crippen MR) is 67.8 cm³/mol. The van der Waals surface area contributed by atoms with Crippen LogP contribution in [0.15, 0.2) is 0 Å². The normalized spacial score (nSPS) is 51.4. The van der Waals surface area contributed by atoms with Gasteiger partial charge < -0.3 is 50.0 Å². The van der Waals surface area contributed by atoms with Crippen LogP contribution in [0.3, 0.4) is 0 Å². The van der Waals surface area contributed by atoms with Gasteiger partial charge in [-0.05, 0) is 6.92 Å². The fraction of sp³-hybridized carbons (Fsp3) is 0.917. The summed E-state index contributed by atoms with van der Waals surface area (Å²) in [4.78, 5) is 11.0. The molecule has 0 aromatic carbocycles. The highest BCUT2D eigenvalue weighted by molar-refractivity contribution is 5.73. The van der Waals surface area contributed by atoms with Crippen molar-refractivity contribution in [2.24, 2.45) is 0 Å². The van der Waals surface area contributed by atoms with E-state index in [9.17, 15) is 35.4 Å². The summed E-state index contributed by atoms with van der Waals surface area (Å²) in [6.07, 6.45) is -16.5. The van der Waals surface area contributed by atoms with Gasteiger partial charge in [0, 0.05) is 0 Å². The van der Waals surface area contributed by atoms with Crippen molar-refractivity contribution < 1.29 is 54.8 Å². The second kappa shape index (κ2) is 6.93. The molecule has 134 valence electrons. The number of carbonyl (C=O) groups is 1. The molecule has 2 fully saturated rings. The zero-order valence-corrected chi connectivity index (χ0v) is 12.0. The molecular weight excluding hydrogens is 320 g/mol. The highest BCUT2D eigenvalue weighted by atomic mass is 16.7. The molecule has 7 N–H and O–H groups in total. The molecule has 23 heavy (non-hydrogen) atoms. The fourth-order valence-electron chi connectivity index (χ4n) is 2.49. The molecule has 1 unspecified atom stereocenters. The molecule has 2 saturated heterocycles. The number of carboxylic acid groups (broad SMARTS) is 1. The lowest BCUT2D eigenvalue weighted by Gasteiger charge is -2.44. The van der Waals surface area contributed by atoms with E-state index >= 15 is 0 Å². The van der Waals surface area contributed by atoms with Crippen molar-refractivity contribution in [3.8, 4) is 0 Å². The largest absolute Gasteiger partial charge is 0.479 e. The average molecular weight is 340 g/mol. The van der Waals surface area contributed by atoms with Crippen LogP contribution in [0.4, 0.5) is 0 Å². The third-order valence-electron chi connectivity index (χ3n) is 3.90. The van der Waals surface area contributed by atoms with Crippen LogP contribution >= 0.6 is 0 Å². The lowest BCUT2D eigenvalue weighted by Crippen LogP contribution is -2.64. The predicted octanol–water partition coefficient (Wildman–Crippen LogP) is -4.28. The minimum absolute atomic E-state index is 0.926. The number of aliphatic hydroxyl groups is 6. The van der Waals surface area contributed by atoms with Gasteiger partial charge in [0.15, 0.2) is 18.7 Å². The van der Waals surface area contributed by atoms with E-state index in [0.29, 0.717) is 0 Å². The smallest absolute Gasteiger partial charge is 0.335 e. The van der Waals surface area contributed by atoms with Crippen molar-refractivity contribution in [1.82, 2.24) is 0 Å². The Morgan fingerprint density at radius 1 is 0.870 bits per heavy atom. The number of rotatable bonds is 3. The van der Waals surface area contributed by atoms with Gasteiger partial charge in [-0.25, -0.2) is 4.79 Å². The Balaban J connectivity index is 2.15. The van der Waals surface area contributed by atoms with E-state index in [4.69, 9.17) is 19.3 Å². The molecule has 2 aliphatic rings. The van der Waals surface area contributed by atoms with E-state index in [-0.39, 0.29) is 0 Å². The van der Waals surface area contributed by atoms with Crippen LogP contribution in [0.1, 0.15) is 6.92 Å². The topological polar surface area (TPSA) is 186 Å². The molecule has 0 saturated carbocycles. The molecular formula is C12H20O11. The van der Waals surface area contributed by atoms with Gasteiger partial charge in [-0.15, -0.1) is 0 Å². The summed E-state index contributed by atoms with van der Waals surface area (Å²) in [7, 11) is 0. The minimum Gasteiger partial charge on any atom is -0.479 e. The lowest BCUT2D eigenvalue weighted by atomic mass is 9.97.